The Hall–Kier alpha value is -11.1. The number of unbranched alkanes of at least 4 members (excludes halogenated alkanes) is 8. The lowest BCUT2D eigenvalue weighted by Gasteiger charge is -2.35. The van der Waals surface area contributed by atoms with E-state index in [-0.39, 0.29) is 56.8 Å². The minimum atomic E-state index is -0.629. The Labute approximate surface area is 724 Å². The number of H-pyrrole nitrogens is 2. The second-order valence-electron chi connectivity index (χ2n) is 36.9. The Morgan fingerprint density at radius 1 is 0.290 bits per heavy atom. The Kier molecular flexibility index (Phi) is 21.8. The highest BCUT2D eigenvalue weighted by molar-refractivity contribution is 6.08. The van der Waals surface area contributed by atoms with Gasteiger partial charge in [0.05, 0.1) is 124 Å². The summed E-state index contributed by atoms with van der Waals surface area (Å²) in [5.41, 5.74) is 12.6. The van der Waals surface area contributed by atoms with Gasteiger partial charge in [-0.05, 0) is 85.5 Å². The van der Waals surface area contributed by atoms with Crippen molar-refractivity contribution in [1.82, 2.24) is 39.9 Å². The molecule has 0 radical (unpaired) electrons. The molecule has 4 unspecified atom stereocenters. The minimum Gasteiger partial charge on any atom is -0.492 e. The number of rotatable bonds is 32. The first-order valence-electron chi connectivity index (χ1n) is 45.7. The van der Waals surface area contributed by atoms with E-state index in [4.69, 9.17) is 86.7 Å². The van der Waals surface area contributed by atoms with Crippen LogP contribution in [-0.2, 0) is 29.8 Å². The first-order valence-corrected chi connectivity index (χ1v) is 45.7. The molecule has 19 rings (SSSR count). The number of hydrogen-bond acceptors (Lipinski definition) is 22. The summed E-state index contributed by atoms with van der Waals surface area (Å²) in [7, 11) is 0. The monoisotopic (exact) mass is 1670 g/mol. The van der Waals surface area contributed by atoms with Gasteiger partial charge in [0, 0.05) is 89.7 Å². The second-order valence-corrected chi connectivity index (χ2v) is 36.9. The molecule has 4 saturated heterocycles. The average molecular weight is 1670 g/mol. The zero-order valence-corrected chi connectivity index (χ0v) is 73.7. The lowest BCUT2D eigenvalue weighted by molar-refractivity contribution is -0.0307. The molecule has 24 nitrogen and oxygen atoms in total. The number of ether oxygens (including phenoxy) is 12. The van der Waals surface area contributed by atoms with E-state index >= 15 is 0 Å². The zero-order valence-electron chi connectivity index (χ0n) is 73.7. The standard InChI is InChI=1S/C100H110N12O12/c1-15-23-35-113-75-55(45-101)56(46-102)76(114-36-24-16-2)60-59(75)83-67-68(84(60)121-83)88-64-63(87(67)123-88)79(117-39-27-19-5)71-72(80(64)118-40-28-20-6)96-108-92-52-34-32-50(100(12,13)14)44-54(52)94(106-92)110-98-74-73(97(112-98)109-93-53-43-49(99(9,10)11)31-33-51(53)91(105-93)107-95(71)111-96)81(119-41-29-21-7)65-66(82(74)120-42-30-22-8)90-70-69(89(65)124-90)85-61-62(86(70)122-85)78(116-38-26-18-4)58(48-104)57(47-103)77(61)115-37-25-17-3/h31-34,43-44,67-70,83-90H,15-30,35-42H2,1-14H3,(H2,105,106,107,108,109,110,111,112)/t67?,68?,69?,70?,83-,84+,85+,86-,87+,88-,89-,90+. The topological polar surface area (TPSA) is 315 Å². The number of nitriles is 4. The number of nitrogens with zero attached hydrogens (tertiary/aromatic N) is 10. The van der Waals surface area contributed by atoms with E-state index in [9.17, 15) is 21.0 Å². The van der Waals surface area contributed by atoms with Crippen LogP contribution in [0.5, 0.6) is 46.0 Å². The van der Waals surface area contributed by atoms with Gasteiger partial charge in [-0.1, -0.05) is 173 Å². The van der Waals surface area contributed by atoms with Crippen molar-refractivity contribution in [3.63, 3.8) is 0 Å². The number of hydrogen-bond donors (Lipinski definition) is 2. The van der Waals surface area contributed by atoms with Crippen molar-refractivity contribution in [3.8, 4) is 116 Å². The summed E-state index contributed by atoms with van der Waals surface area (Å²) in [4.78, 5) is 42.6. The summed E-state index contributed by atoms with van der Waals surface area (Å²) in [5, 5.41) is 47.7. The van der Waals surface area contributed by atoms with Crippen molar-refractivity contribution in [1.29, 1.82) is 21.0 Å². The molecule has 10 aliphatic rings. The largest absolute Gasteiger partial charge is 0.492 e. The van der Waals surface area contributed by atoms with E-state index in [0.29, 0.717) is 167 Å². The SMILES string of the molecule is CCCCOc1c(C#N)c(C#N)c(OCCCC)c2c1[C@H]1O[C@@H]2C2C1[C@H]1O[C@@H]2c2c(OCCCC)c3c(c(OCCCC)c21)-c1nc-3nc2[nH]c(nc3nc(nc4[nH]c(n1)c1cc(C(C)(C)C)ccc41)-c1c(OCCCC)c4c(c(OCCCC)c1-3)[C@@H]1O[C@H]4C3C1[C@@H]1O[C@H]3c3c(OCCCC)c(C#N)c(C#N)c(OCCCC)c31)c1ccc(C(C)(C)C)cc21. The highest BCUT2D eigenvalue weighted by Gasteiger charge is 2.72. The minimum absolute atomic E-state index is 0.146. The Bertz CT molecular complexity index is 5850. The smallest absolute Gasteiger partial charge is 0.168 e. The summed E-state index contributed by atoms with van der Waals surface area (Å²) in [6, 6.07) is 22.5. The molecule has 16 bridgehead atoms. The van der Waals surface area contributed by atoms with Crippen LogP contribution in [0, 0.1) is 69.0 Å². The van der Waals surface area contributed by atoms with Gasteiger partial charge in [-0.2, -0.15) is 21.0 Å². The fourth-order valence-electron chi connectivity index (χ4n) is 20.8. The van der Waals surface area contributed by atoms with Gasteiger partial charge in [-0.3, -0.25) is 0 Å². The van der Waals surface area contributed by atoms with E-state index in [1.807, 2.05) is 0 Å². The predicted molar refractivity (Wildman–Crippen MR) is 469 cm³/mol. The van der Waals surface area contributed by atoms with Gasteiger partial charge < -0.3 is 66.8 Å². The third-order valence-electron chi connectivity index (χ3n) is 26.9. The quantitative estimate of drug-likeness (QED) is 0.0370. The third kappa shape index (κ3) is 12.8. The maximum absolute atomic E-state index is 11.2. The van der Waals surface area contributed by atoms with Crippen LogP contribution in [0.3, 0.4) is 0 Å². The molecule has 24 heteroatoms. The molecule has 12 atom stereocenters. The molecule has 4 fully saturated rings. The first-order chi connectivity index (χ1) is 60.4. The number of aromatic nitrogens is 8. The molecule has 642 valence electrons. The fraction of sp³-hybridized carbons (Fsp3) is 0.520. The van der Waals surface area contributed by atoms with Crippen molar-refractivity contribution in [2.24, 2.45) is 23.7 Å². The van der Waals surface area contributed by atoms with Crippen LogP contribution >= 0.6 is 0 Å². The van der Waals surface area contributed by atoms with Crippen molar-refractivity contribution >= 4 is 44.1 Å². The fourth-order valence-corrected chi connectivity index (χ4v) is 20.8. The number of fused-ring (bicyclic) bond motifs is 50. The van der Waals surface area contributed by atoms with Crippen molar-refractivity contribution in [2.45, 2.75) is 259 Å². The maximum atomic E-state index is 11.2. The normalized spacial score (nSPS) is 21.8. The number of benzene rings is 6. The van der Waals surface area contributed by atoms with Gasteiger partial charge >= 0.3 is 0 Å². The summed E-state index contributed by atoms with van der Waals surface area (Å²) in [5.74, 6) is 3.77. The van der Waals surface area contributed by atoms with E-state index in [0.717, 1.165) is 180 Å². The lowest BCUT2D eigenvalue weighted by atomic mass is 9.65. The molecular formula is C100H110N12O12. The van der Waals surface area contributed by atoms with E-state index < -0.39 is 48.8 Å². The third-order valence-corrected chi connectivity index (χ3v) is 26.9. The molecule has 3 aromatic heterocycles. The molecule has 0 aliphatic carbocycles. The van der Waals surface area contributed by atoms with Gasteiger partial charge in [0.25, 0.3) is 0 Å². The summed E-state index contributed by atoms with van der Waals surface area (Å²) in [6.45, 7) is 33.0. The van der Waals surface area contributed by atoms with Crippen molar-refractivity contribution < 1.29 is 56.8 Å². The van der Waals surface area contributed by atoms with Crippen LogP contribution in [-0.4, -0.2) is 92.7 Å². The van der Waals surface area contributed by atoms with Crippen molar-refractivity contribution in [3.05, 3.63) is 114 Å². The summed E-state index contributed by atoms with van der Waals surface area (Å²) < 4.78 is 86.9. The molecule has 10 aliphatic heterocycles. The molecule has 0 amide bonds. The second kappa shape index (κ2) is 32.8. The molecule has 9 aromatic rings. The maximum Gasteiger partial charge on any atom is 0.168 e. The molecule has 6 aromatic carbocycles. The Balaban J connectivity index is 0.886. The van der Waals surface area contributed by atoms with E-state index in [2.05, 4.69) is 168 Å². The number of aromatic amines is 2. The van der Waals surface area contributed by atoms with Gasteiger partial charge in [0.2, 0.25) is 0 Å². The van der Waals surface area contributed by atoms with E-state index in [1.165, 1.54) is 0 Å². The summed E-state index contributed by atoms with van der Waals surface area (Å²) >= 11 is 0. The van der Waals surface area contributed by atoms with Crippen LogP contribution < -0.4 is 37.9 Å². The van der Waals surface area contributed by atoms with Gasteiger partial charge in [-0.15, -0.1) is 0 Å². The molecular weight excluding hydrogens is 1560 g/mol. The van der Waals surface area contributed by atoms with Crippen molar-refractivity contribution in [2.75, 3.05) is 52.9 Å². The number of nitrogens with one attached hydrogen (secondary N) is 2. The Morgan fingerprint density at radius 3 is 0.694 bits per heavy atom. The van der Waals surface area contributed by atoms with Crippen LogP contribution in [0.1, 0.15) is 326 Å². The lowest BCUT2D eigenvalue weighted by Crippen LogP contribution is -2.29. The molecule has 0 spiro atoms. The van der Waals surface area contributed by atoms with Gasteiger partial charge in [-0.25, -0.2) is 29.9 Å². The molecule has 124 heavy (non-hydrogen) atoms. The van der Waals surface area contributed by atoms with Gasteiger partial charge in [0.15, 0.2) is 23.3 Å². The van der Waals surface area contributed by atoms with Crippen LogP contribution in [0.4, 0.5) is 0 Å². The van der Waals surface area contributed by atoms with Gasteiger partial charge in [0.1, 0.15) is 115 Å². The van der Waals surface area contributed by atoms with Crippen LogP contribution in [0.15, 0.2) is 36.4 Å². The average Bonchev–Trinajstić information content (AvgIpc) is 1.50. The summed E-state index contributed by atoms with van der Waals surface area (Å²) in [6.07, 6.45) is 7.71. The molecule has 0 saturated carbocycles. The highest BCUT2D eigenvalue weighted by atomic mass is 16.6. The molecule has 13 heterocycles. The van der Waals surface area contributed by atoms with E-state index in [1.54, 1.807) is 0 Å². The highest BCUT2D eigenvalue weighted by Crippen LogP contribution is 2.80. The molecule has 2 N–H and O–H groups in total. The first kappa shape index (κ1) is 82.5. The van der Waals surface area contributed by atoms with Crippen LogP contribution in [0.2, 0.25) is 0 Å². The van der Waals surface area contributed by atoms with Crippen LogP contribution in [0.25, 0.3) is 89.7 Å². The Morgan fingerprint density at radius 2 is 0.492 bits per heavy atom. The predicted octanol–water partition coefficient (Wildman–Crippen LogP) is 22.8. The zero-order chi connectivity index (χ0) is 86.1.